The third kappa shape index (κ3) is 2.32. The van der Waals surface area contributed by atoms with E-state index in [1.54, 1.807) is 0 Å². The fourth-order valence-corrected chi connectivity index (χ4v) is 2.63. The van der Waals surface area contributed by atoms with Crippen molar-refractivity contribution < 1.29 is 23.1 Å². The molecule has 0 saturated heterocycles. The Labute approximate surface area is 106 Å². The van der Waals surface area contributed by atoms with Gasteiger partial charge in [-0.05, 0) is 30.5 Å². The molecule has 1 aliphatic rings. The van der Waals surface area contributed by atoms with Crippen molar-refractivity contribution in [2.75, 3.05) is 0 Å². The van der Waals surface area contributed by atoms with E-state index in [1.165, 1.54) is 12.1 Å². The van der Waals surface area contributed by atoms with Crippen molar-refractivity contribution in [2.45, 2.75) is 30.9 Å². The summed E-state index contributed by atoms with van der Waals surface area (Å²) in [7, 11) is 0. The SMILES string of the molecule is O=C(O)CC1(c2c(Cl)cccc2C(F)(F)F)CC1. The number of hydrogen-bond acceptors (Lipinski definition) is 1. The van der Waals surface area contributed by atoms with E-state index < -0.39 is 23.1 Å². The minimum Gasteiger partial charge on any atom is -0.481 e. The first-order valence-electron chi connectivity index (χ1n) is 5.34. The van der Waals surface area contributed by atoms with E-state index in [2.05, 4.69) is 0 Å². The highest BCUT2D eigenvalue weighted by molar-refractivity contribution is 6.31. The highest BCUT2D eigenvalue weighted by Gasteiger charge is 2.51. The van der Waals surface area contributed by atoms with Gasteiger partial charge in [0.05, 0.1) is 12.0 Å². The molecular formula is C12H10ClF3O2. The molecule has 1 fully saturated rings. The van der Waals surface area contributed by atoms with Crippen LogP contribution in [0.3, 0.4) is 0 Å². The summed E-state index contributed by atoms with van der Waals surface area (Å²) in [4.78, 5) is 10.8. The van der Waals surface area contributed by atoms with E-state index in [4.69, 9.17) is 16.7 Å². The van der Waals surface area contributed by atoms with Crippen LogP contribution in [-0.2, 0) is 16.4 Å². The topological polar surface area (TPSA) is 37.3 Å². The number of hydrogen-bond donors (Lipinski definition) is 1. The van der Waals surface area contributed by atoms with Crippen LogP contribution in [0.4, 0.5) is 13.2 Å². The number of carboxylic acids is 1. The lowest BCUT2D eigenvalue weighted by Crippen LogP contribution is -2.19. The highest BCUT2D eigenvalue weighted by atomic mass is 35.5. The predicted octanol–water partition coefficient (Wildman–Crippen LogP) is 3.87. The first kappa shape index (κ1) is 13.2. The number of carbonyl (C=O) groups is 1. The van der Waals surface area contributed by atoms with Crippen molar-refractivity contribution in [2.24, 2.45) is 0 Å². The Morgan fingerprint density at radius 3 is 2.44 bits per heavy atom. The molecule has 6 heteroatoms. The second-order valence-corrected chi connectivity index (χ2v) is 4.92. The average molecular weight is 279 g/mol. The lowest BCUT2D eigenvalue weighted by atomic mass is 9.88. The molecule has 1 aromatic rings. The second kappa shape index (κ2) is 4.16. The van der Waals surface area contributed by atoms with Crippen LogP contribution in [0.2, 0.25) is 5.02 Å². The minimum atomic E-state index is -4.52. The molecule has 0 bridgehead atoms. The van der Waals surface area contributed by atoms with Gasteiger partial charge in [-0.1, -0.05) is 17.7 Å². The standard InChI is InChI=1S/C12H10ClF3O2/c13-8-3-1-2-7(12(14,15)16)10(8)11(4-5-11)6-9(17)18/h1-3H,4-6H2,(H,17,18). The molecule has 2 rings (SSSR count). The van der Waals surface area contributed by atoms with Crippen LogP contribution in [0.25, 0.3) is 0 Å². The lowest BCUT2D eigenvalue weighted by Gasteiger charge is -2.21. The lowest BCUT2D eigenvalue weighted by molar-refractivity contribution is -0.141. The van der Waals surface area contributed by atoms with Crippen LogP contribution in [0, 0.1) is 0 Å². The van der Waals surface area contributed by atoms with Gasteiger partial charge in [-0.25, -0.2) is 0 Å². The Kier molecular flexibility index (Phi) is 3.05. The van der Waals surface area contributed by atoms with Gasteiger partial charge < -0.3 is 5.11 Å². The summed E-state index contributed by atoms with van der Waals surface area (Å²) >= 11 is 5.85. The van der Waals surface area contributed by atoms with Gasteiger partial charge in [0.2, 0.25) is 0 Å². The van der Waals surface area contributed by atoms with Crippen molar-refractivity contribution in [1.29, 1.82) is 0 Å². The van der Waals surface area contributed by atoms with Crippen molar-refractivity contribution in [3.63, 3.8) is 0 Å². The maximum atomic E-state index is 12.9. The van der Waals surface area contributed by atoms with Gasteiger partial charge in [-0.15, -0.1) is 0 Å². The normalized spacial score (nSPS) is 17.6. The van der Waals surface area contributed by atoms with Gasteiger partial charge in [0.1, 0.15) is 0 Å². The molecule has 1 N–H and O–H groups in total. The summed E-state index contributed by atoms with van der Waals surface area (Å²) in [5.74, 6) is -1.11. The van der Waals surface area contributed by atoms with Crippen molar-refractivity contribution in [3.05, 3.63) is 34.3 Å². The second-order valence-electron chi connectivity index (χ2n) is 4.51. The fraction of sp³-hybridized carbons (Fsp3) is 0.417. The molecule has 1 aromatic carbocycles. The minimum absolute atomic E-state index is 0.0106. The quantitative estimate of drug-likeness (QED) is 0.911. The largest absolute Gasteiger partial charge is 0.481 e. The van der Waals surface area contributed by atoms with E-state index >= 15 is 0 Å². The van der Waals surface area contributed by atoms with Gasteiger partial charge in [0, 0.05) is 10.4 Å². The number of rotatable bonds is 3. The summed E-state index contributed by atoms with van der Waals surface area (Å²) in [6.07, 6.45) is -3.99. The molecule has 0 radical (unpaired) electrons. The van der Waals surface area contributed by atoms with Crippen molar-refractivity contribution >= 4 is 17.6 Å². The summed E-state index contributed by atoms with van der Waals surface area (Å²) in [5, 5.41) is 8.80. The maximum absolute atomic E-state index is 12.9. The molecule has 1 aliphatic carbocycles. The summed E-state index contributed by atoms with van der Waals surface area (Å²) < 4.78 is 38.8. The number of carboxylic acid groups (broad SMARTS) is 1. The monoisotopic (exact) mass is 278 g/mol. The van der Waals surface area contributed by atoms with E-state index in [1.807, 2.05) is 0 Å². The third-order valence-electron chi connectivity index (χ3n) is 3.19. The van der Waals surface area contributed by atoms with Crippen LogP contribution in [0.15, 0.2) is 18.2 Å². The molecule has 98 valence electrons. The zero-order valence-corrected chi connectivity index (χ0v) is 9.98. The van der Waals surface area contributed by atoms with Crippen LogP contribution in [0.5, 0.6) is 0 Å². The number of alkyl halides is 3. The molecule has 0 amide bonds. The fourth-order valence-electron chi connectivity index (χ4n) is 2.25. The van der Waals surface area contributed by atoms with Crippen LogP contribution in [-0.4, -0.2) is 11.1 Å². The molecule has 0 unspecified atom stereocenters. The maximum Gasteiger partial charge on any atom is 0.416 e. The van der Waals surface area contributed by atoms with Crippen molar-refractivity contribution in [1.82, 2.24) is 0 Å². The van der Waals surface area contributed by atoms with E-state index in [0.717, 1.165) is 6.07 Å². The Morgan fingerprint density at radius 1 is 1.39 bits per heavy atom. The van der Waals surface area contributed by atoms with Gasteiger partial charge in [0.15, 0.2) is 0 Å². The average Bonchev–Trinajstić information content (AvgIpc) is 2.95. The van der Waals surface area contributed by atoms with Crippen LogP contribution < -0.4 is 0 Å². The predicted molar refractivity (Wildman–Crippen MR) is 59.6 cm³/mol. The van der Waals surface area contributed by atoms with E-state index in [9.17, 15) is 18.0 Å². The Balaban J connectivity index is 2.53. The van der Waals surface area contributed by atoms with Crippen LogP contribution in [0.1, 0.15) is 30.4 Å². The Bertz CT molecular complexity index is 493. The van der Waals surface area contributed by atoms with Crippen molar-refractivity contribution in [3.8, 4) is 0 Å². The molecule has 0 aromatic heterocycles. The van der Waals surface area contributed by atoms with Gasteiger partial charge in [-0.3, -0.25) is 4.79 Å². The van der Waals surface area contributed by atoms with E-state index in [-0.39, 0.29) is 17.0 Å². The molecule has 18 heavy (non-hydrogen) atoms. The molecule has 0 atom stereocenters. The summed E-state index contributed by atoms with van der Waals surface area (Å²) in [5.41, 5.74) is -1.84. The molecule has 0 aliphatic heterocycles. The first-order valence-corrected chi connectivity index (χ1v) is 5.72. The molecule has 2 nitrogen and oxygen atoms in total. The number of aliphatic carboxylic acids is 1. The molecule has 1 saturated carbocycles. The zero-order chi connectivity index (χ0) is 13.6. The van der Waals surface area contributed by atoms with Gasteiger partial charge in [0.25, 0.3) is 0 Å². The zero-order valence-electron chi connectivity index (χ0n) is 9.22. The molecule has 0 spiro atoms. The Hall–Kier alpha value is -1.23. The van der Waals surface area contributed by atoms with Gasteiger partial charge >= 0.3 is 12.1 Å². The van der Waals surface area contributed by atoms with Gasteiger partial charge in [-0.2, -0.15) is 13.2 Å². The van der Waals surface area contributed by atoms with E-state index in [0.29, 0.717) is 12.8 Å². The smallest absolute Gasteiger partial charge is 0.416 e. The first-order chi connectivity index (χ1) is 8.26. The number of halogens is 4. The summed E-state index contributed by atoms with van der Waals surface area (Å²) in [6, 6.07) is 3.54. The molecular weight excluding hydrogens is 269 g/mol. The molecule has 0 heterocycles. The highest BCUT2D eigenvalue weighted by Crippen LogP contribution is 2.56. The summed E-state index contributed by atoms with van der Waals surface area (Å²) in [6.45, 7) is 0. The Morgan fingerprint density at radius 2 is 2.00 bits per heavy atom. The number of benzene rings is 1. The third-order valence-corrected chi connectivity index (χ3v) is 3.51. The van der Waals surface area contributed by atoms with Crippen LogP contribution >= 0.6 is 11.6 Å².